The molecule has 0 saturated carbocycles. The lowest BCUT2D eigenvalue weighted by Crippen LogP contribution is -2.44. The molecule has 0 spiro atoms. The minimum absolute atomic E-state index is 0.111. The van der Waals surface area contributed by atoms with E-state index in [0.717, 1.165) is 19.2 Å². The molecule has 0 aliphatic carbocycles. The molecule has 1 saturated heterocycles. The van der Waals surface area contributed by atoms with Crippen LogP contribution in [-0.4, -0.2) is 44.3 Å². The maximum absolute atomic E-state index is 13.5. The molecule has 0 bridgehead atoms. The third-order valence-corrected chi connectivity index (χ3v) is 2.99. The van der Waals surface area contributed by atoms with Gasteiger partial charge in [0.05, 0.1) is 12.7 Å². The van der Waals surface area contributed by atoms with E-state index in [9.17, 15) is 8.78 Å². The molecule has 1 unspecified atom stereocenters. The maximum atomic E-state index is 13.5. The predicted molar refractivity (Wildman–Crippen MR) is 65.3 cm³/mol. The fraction of sp³-hybridized carbons (Fsp3) is 0.538. The van der Waals surface area contributed by atoms with Gasteiger partial charge in [0.1, 0.15) is 0 Å². The molecule has 18 heavy (non-hydrogen) atoms. The van der Waals surface area contributed by atoms with E-state index in [1.807, 2.05) is 11.9 Å². The molecule has 3 nitrogen and oxygen atoms in total. The van der Waals surface area contributed by atoms with Crippen LogP contribution >= 0.6 is 0 Å². The minimum Gasteiger partial charge on any atom is -0.374 e. The number of hydrogen-bond acceptors (Lipinski definition) is 3. The van der Waals surface area contributed by atoms with Gasteiger partial charge in [-0.15, -0.1) is 0 Å². The van der Waals surface area contributed by atoms with Crippen LogP contribution in [0.1, 0.15) is 5.56 Å². The van der Waals surface area contributed by atoms with Gasteiger partial charge < -0.3 is 10.1 Å². The molecule has 0 aromatic heterocycles. The van der Waals surface area contributed by atoms with Crippen LogP contribution in [0.5, 0.6) is 0 Å². The average molecular weight is 256 g/mol. The first-order valence-corrected chi connectivity index (χ1v) is 6.10. The first-order chi connectivity index (χ1) is 8.66. The highest BCUT2D eigenvalue weighted by atomic mass is 19.2. The van der Waals surface area contributed by atoms with Crippen LogP contribution in [0, 0.1) is 11.6 Å². The van der Waals surface area contributed by atoms with E-state index in [1.165, 1.54) is 6.07 Å². The fourth-order valence-electron chi connectivity index (χ4n) is 2.11. The summed E-state index contributed by atoms with van der Waals surface area (Å²) in [5.41, 5.74) is 0.376. The van der Waals surface area contributed by atoms with E-state index in [1.54, 1.807) is 6.07 Å². The number of nitrogens with zero attached hydrogens (tertiary/aromatic N) is 1. The third-order valence-electron chi connectivity index (χ3n) is 2.99. The summed E-state index contributed by atoms with van der Waals surface area (Å²) in [6.45, 7) is 3.45. The van der Waals surface area contributed by atoms with Crippen LogP contribution < -0.4 is 5.32 Å². The Kier molecular flexibility index (Phi) is 4.63. The van der Waals surface area contributed by atoms with Gasteiger partial charge in [-0.3, -0.25) is 4.90 Å². The number of ether oxygens (including phenoxy) is 1. The van der Waals surface area contributed by atoms with Crippen molar-refractivity contribution in [2.24, 2.45) is 0 Å². The summed E-state index contributed by atoms with van der Waals surface area (Å²) >= 11 is 0. The molecule has 1 atom stereocenters. The quantitative estimate of drug-likeness (QED) is 0.881. The zero-order valence-electron chi connectivity index (χ0n) is 10.5. The molecule has 0 radical (unpaired) electrons. The first kappa shape index (κ1) is 13.4. The Morgan fingerprint density at radius 1 is 1.44 bits per heavy atom. The number of halogens is 2. The summed E-state index contributed by atoms with van der Waals surface area (Å²) in [5, 5.41) is 3.24. The fourth-order valence-corrected chi connectivity index (χ4v) is 2.11. The van der Waals surface area contributed by atoms with Crippen LogP contribution in [0.2, 0.25) is 0 Å². The van der Waals surface area contributed by atoms with E-state index in [-0.39, 0.29) is 6.10 Å². The molecule has 1 aliphatic heterocycles. The molecule has 2 rings (SSSR count). The molecular weight excluding hydrogens is 238 g/mol. The number of rotatable bonds is 4. The first-order valence-electron chi connectivity index (χ1n) is 6.10. The lowest BCUT2D eigenvalue weighted by molar-refractivity contribution is 0.00868. The Hall–Kier alpha value is -1.04. The summed E-state index contributed by atoms with van der Waals surface area (Å²) in [5.74, 6) is -1.55. The van der Waals surface area contributed by atoms with Gasteiger partial charge in [0.25, 0.3) is 0 Å². The highest BCUT2D eigenvalue weighted by Crippen LogP contribution is 2.13. The van der Waals surface area contributed by atoms with Gasteiger partial charge >= 0.3 is 0 Å². The van der Waals surface area contributed by atoms with Crippen molar-refractivity contribution in [3.05, 3.63) is 35.4 Å². The Balaban J connectivity index is 1.90. The van der Waals surface area contributed by atoms with E-state index in [4.69, 9.17) is 4.74 Å². The monoisotopic (exact) mass is 256 g/mol. The highest BCUT2D eigenvalue weighted by molar-refractivity contribution is 5.18. The molecule has 1 aliphatic rings. The third kappa shape index (κ3) is 3.48. The van der Waals surface area contributed by atoms with Gasteiger partial charge in [0, 0.05) is 31.7 Å². The number of likely N-dealkylation sites (N-methyl/N-ethyl adjacent to an activating group) is 1. The van der Waals surface area contributed by atoms with Crippen molar-refractivity contribution >= 4 is 0 Å². The molecule has 100 valence electrons. The second-order valence-electron chi connectivity index (χ2n) is 4.61. The smallest absolute Gasteiger partial charge is 0.163 e. The number of benzene rings is 1. The van der Waals surface area contributed by atoms with Crippen molar-refractivity contribution in [2.45, 2.75) is 12.6 Å². The second-order valence-corrected chi connectivity index (χ2v) is 4.61. The standard InChI is InChI=1S/C13H18F2N2O/c1-17(9-11-7-16-5-6-18-11)8-10-3-2-4-12(14)13(10)15/h2-4,11,16H,5-9H2,1H3. The molecule has 1 aromatic carbocycles. The molecule has 1 aromatic rings. The van der Waals surface area contributed by atoms with Crippen LogP contribution in [0.4, 0.5) is 8.78 Å². The predicted octanol–water partition coefficient (Wildman–Crippen LogP) is 1.39. The Labute approximate surface area is 106 Å². The summed E-state index contributed by atoms with van der Waals surface area (Å²) in [6, 6.07) is 4.27. The zero-order valence-corrected chi connectivity index (χ0v) is 10.5. The van der Waals surface area contributed by atoms with Gasteiger partial charge in [-0.05, 0) is 13.1 Å². The molecular formula is C13H18F2N2O. The molecule has 1 heterocycles. The zero-order chi connectivity index (χ0) is 13.0. The maximum Gasteiger partial charge on any atom is 0.163 e. The largest absolute Gasteiger partial charge is 0.374 e. The normalized spacial score (nSPS) is 20.3. The lowest BCUT2D eigenvalue weighted by Gasteiger charge is -2.28. The topological polar surface area (TPSA) is 24.5 Å². The average Bonchev–Trinajstić information content (AvgIpc) is 2.36. The van der Waals surface area contributed by atoms with Crippen molar-refractivity contribution in [1.82, 2.24) is 10.2 Å². The summed E-state index contributed by atoms with van der Waals surface area (Å²) < 4.78 is 32.1. The Morgan fingerprint density at radius 3 is 3.00 bits per heavy atom. The SMILES string of the molecule is CN(Cc1cccc(F)c1F)CC1CNCCO1. The van der Waals surface area contributed by atoms with Gasteiger partial charge in [0.15, 0.2) is 11.6 Å². The highest BCUT2D eigenvalue weighted by Gasteiger charge is 2.17. The Morgan fingerprint density at radius 2 is 2.28 bits per heavy atom. The van der Waals surface area contributed by atoms with Gasteiger partial charge in [-0.2, -0.15) is 0 Å². The summed E-state index contributed by atoms with van der Waals surface area (Å²) in [4.78, 5) is 1.94. The van der Waals surface area contributed by atoms with Gasteiger partial charge in [0.2, 0.25) is 0 Å². The second kappa shape index (κ2) is 6.22. The summed E-state index contributed by atoms with van der Waals surface area (Å²) in [6.07, 6.45) is 0.111. The van der Waals surface area contributed by atoms with Crippen LogP contribution in [-0.2, 0) is 11.3 Å². The number of morpholine rings is 1. The Bertz CT molecular complexity index is 395. The molecule has 1 N–H and O–H groups in total. The van der Waals surface area contributed by atoms with Crippen molar-refractivity contribution in [3.8, 4) is 0 Å². The van der Waals surface area contributed by atoms with Crippen molar-refractivity contribution < 1.29 is 13.5 Å². The van der Waals surface area contributed by atoms with Crippen molar-refractivity contribution in [3.63, 3.8) is 0 Å². The minimum atomic E-state index is -0.795. The van der Waals surface area contributed by atoms with Crippen molar-refractivity contribution in [2.75, 3.05) is 33.3 Å². The van der Waals surface area contributed by atoms with Crippen LogP contribution in [0.15, 0.2) is 18.2 Å². The van der Waals surface area contributed by atoms with E-state index < -0.39 is 11.6 Å². The summed E-state index contributed by atoms with van der Waals surface area (Å²) in [7, 11) is 1.88. The van der Waals surface area contributed by atoms with Crippen molar-refractivity contribution in [1.29, 1.82) is 0 Å². The van der Waals surface area contributed by atoms with Crippen LogP contribution in [0.3, 0.4) is 0 Å². The van der Waals surface area contributed by atoms with Gasteiger partial charge in [-0.1, -0.05) is 12.1 Å². The van der Waals surface area contributed by atoms with Crippen LogP contribution in [0.25, 0.3) is 0 Å². The molecule has 0 amide bonds. The van der Waals surface area contributed by atoms with E-state index in [0.29, 0.717) is 25.3 Å². The van der Waals surface area contributed by atoms with E-state index in [2.05, 4.69) is 5.32 Å². The number of hydrogen-bond donors (Lipinski definition) is 1. The molecule has 5 heteroatoms. The van der Waals surface area contributed by atoms with E-state index >= 15 is 0 Å². The molecule has 1 fully saturated rings. The van der Waals surface area contributed by atoms with Gasteiger partial charge in [-0.25, -0.2) is 8.78 Å². The number of nitrogens with one attached hydrogen (secondary N) is 1. The lowest BCUT2D eigenvalue weighted by atomic mass is 10.2.